The van der Waals surface area contributed by atoms with Crippen molar-refractivity contribution in [2.24, 2.45) is 0 Å². The van der Waals surface area contributed by atoms with Crippen molar-refractivity contribution >= 4 is 39.0 Å². The molecule has 9 nitrogen and oxygen atoms in total. The molecule has 0 aromatic carbocycles. The number of fused-ring (bicyclic) bond motifs is 1. The number of amides is 1. The molecule has 1 N–H and O–H groups in total. The van der Waals surface area contributed by atoms with Gasteiger partial charge in [-0.3, -0.25) is 4.79 Å². The van der Waals surface area contributed by atoms with Crippen molar-refractivity contribution in [3.8, 4) is 5.75 Å². The van der Waals surface area contributed by atoms with Gasteiger partial charge in [-0.15, -0.1) is 0 Å². The maximum Gasteiger partial charge on any atom is 0.516 e. The van der Waals surface area contributed by atoms with Crippen molar-refractivity contribution in [2.75, 3.05) is 6.61 Å². The minimum atomic E-state index is -5.90. The molecule has 2 bridgehead atoms. The minimum absolute atomic E-state index is 0.00560. The number of halogens is 3. The van der Waals surface area contributed by atoms with Crippen LogP contribution in [0.25, 0.3) is 11.2 Å². The highest BCUT2D eigenvalue weighted by molar-refractivity contribution is 7.90. The number of carbonyl (C=O) groups excluding carboxylic acids is 3. The summed E-state index contributed by atoms with van der Waals surface area (Å²) in [5.41, 5.74) is -5.99. The highest BCUT2D eigenvalue weighted by Gasteiger charge is 2.47. The Balaban J connectivity index is 1.67. The number of esters is 2. The van der Waals surface area contributed by atoms with Crippen LogP contribution in [-0.4, -0.2) is 38.4 Å². The molecule has 2 aromatic heterocycles. The van der Waals surface area contributed by atoms with Gasteiger partial charge < -0.3 is 13.9 Å². The van der Waals surface area contributed by atoms with Gasteiger partial charge in [0.25, 0.3) is 5.91 Å². The van der Waals surface area contributed by atoms with Gasteiger partial charge in [-0.1, -0.05) is 0 Å². The van der Waals surface area contributed by atoms with E-state index in [0.717, 1.165) is 0 Å². The van der Waals surface area contributed by atoms with Crippen LogP contribution in [0.15, 0.2) is 10.5 Å². The average Bonchev–Trinajstić information content (AvgIpc) is 3.05. The number of rotatable bonds is 4. The molecule has 0 unspecified atom stereocenters. The smallest absolute Gasteiger partial charge is 0.452 e. The highest BCUT2D eigenvalue weighted by atomic mass is 32.2. The van der Waals surface area contributed by atoms with Crippen LogP contribution in [0, 0.1) is 0 Å². The fourth-order valence-electron chi connectivity index (χ4n) is 1.94. The summed E-state index contributed by atoms with van der Waals surface area (Å²) in [7, 11) is -5.90. The maximum absolute atomic E-state index is 12.1. The van der Waals surface area contributed by atoms with E-state index in [0.29, 0.717) is 4.72 Å². The van der Waals surface area contributed by atoms with Crippen molar-refractivity contribution in [1.29, 1.82) is 0 Å². The van der Waals surface area contributed by atoms with Crippen molar-refractivity contribution < 1.29 is 49.9 Å². The van der Waals surface area contributed by atoms with Gasteiger partial charge in [-0.2, -0.15) is 21.6 Å². The SMILES string of the molecule is O=C(COC(=O)c1c2c3oc1cc3C(=O)O2)NS(=O)(=O)C(F)(F)F. The summed E-state index contributed by atoms with van der Waals surface area (Å²) in [6, 6.07) is 1.19. The van der Waals surface area contributed by atoms with E-state index in [1.165, 1.54) is 6.07 Å². The standard InChI is InChI=1S/C11H4F3NO8S/c12-11(13,14)24(19,20)15-5(16)2-21-10(18)6-4-1-3-7(22-4)8(6)23-9(3)17/h1H,2H2,(H,15,16). The summed E-state index contributed by atoms with van der Waals surface area (Å²) < 4.78 is 72.6. The van der Waals surface area contributed by atoms with E-state index >= 15 is 0 Å². The molecule has 13 heteroatoms. The molecule has 0 spiro atoms. The lowest BCUT2D eigenvalue weighted by Crippen LogP contribution is -2.42. The molecule has 2 aromatic rings. The second-order valence-corrected chi connectivity index (χ2v) is 6.17. The van der Waals surface area contributed by atoms with Crippen molar-refractivity contribution in [3.05, 3.63) is 17.2 Å². The molecule has 1 aliphatic heterocycles. The first-order valence-corrected chi connectivity index (χ1v) is 7.39. The third kappa shape index (κ3) is 2.33. The Bertz CT molecular complexity index is 973. The first-order chi connectivity index (χ1) is 11.0. The first kappa shape index (κ1) is 16.0. The molecule has 1 amide bonds. The van der Waals surface area contributed by atoms with Gasteiger partial charge >= 0.3 is 27.5 Å². The van der Waals surface area contributed by atoms with Gasteiger partial charge in [-0.25, -0.2) is 14.3 Å². The number of hydrogen-bond donors (Lipinski definition) is 1. The summed E-state index contributed by atoms with van der Waals surface area (Å²) in [5, 5.41) is 0. The molecule has 0 aliphatic carbocycles. The number of ether oxygens (including phenoxy) is 2. The zero-order chi connectivity index (χ0) is 17.9. The number of hydrogen-bond acceptors (Lipinski definition) is 8. The lowest BCUT2D eigenvalue weighted by Gasteiger charge is -2.09. The fraction of sp³-hybridized carbons (Fsp3) is 0.182. The quantitative estimate of drug-likeness (QED) is 0.775. The molecular weight excluding hydrogens is 363 g/mol. The Morgan fingerprint density at radius 1 is 1.29 bits per heavy atom. The Hall–Kier alpha value is -2.83. The summed E-state index contributed by atoms with van der Waals surface area (Å²) in [5.74, 6) is -3.93. The van der Waals surface area contributed by atoms with Gasteiger partial charge in [0.15, 0.2) is 17.9 Å². The number of sulfonamides is 1. The number of carbonyl (C=O) groups is 3. The van der Waals surface area contributed by atoms with E-state index < -0.39 is 40.0 Å². The van der Waals surface area contributed by atoms with Crippen LogP contribution >= 0.6 is 0 Å². The zero-order valence-electron chi connectivity index (χ0n) is 11.1. The van der Waals surface area contributed by atoms with Crippen molar-refractivity contribution in [3.63, 3.8) is 0 Å². The summed E-state index contributed by atoms with van der Waals surface area (Å²) in [6.45, 7) is -1.31. The minimum Gasteiger partial charge on any atom is -0.452 e. The second kappa shape index (κ2) is 4.83. The molecule has 0 saturated carbocycles. The van der Waals surface area contributed by atoms with Crippen LogP contribution in [0.1, 0.15) is 20.7 Å². The van der Waals surface area contributed by atoms with Crippen LogP contribution in [0.4, 0.5) is 13.2 Å². The molecule has 0 atom stereocenters. The number of nitrogens with one attached hydrogen (secondary N) is 1. The normalized spacial score (nSPS) is 14.0. The van der Waals surface area contributed by atoms with Crippen LogP contribution in [-0.2, 0) is 19.6 Å². The topological polar surface area (TPSA) is 129 Å². The van der Waals surface area contributed by atoms with E-state index in [9.17, 15) is 36.0 Å². The fourth-order valence-corrected chi connectivity index (χ4v) is 2.41. The van der Waals surface area contributed by atoms with Gasteiger partial charge in [0, 0.05) is 6.07 Å². The third-order valence-corrected chi connectivity index (χ3v) is 4.02. The van der Waals surface area contributed by atoms with Gasteiger partial charge in [-0.05, 0) is 0 Å². The number of benzene rings is 1. The first-order valence-electron chi connectivity index (χ1n) is 5.91. The van der Waals surface area contributed by atoms with E-state index in [1.807, 2.05) is 0 Å². The number of alkyl halides is 3. The lowest BCUT2D eigenvalue weighted by molar-refractivity contribution is -0.123. The van der Waals surface area contributed by atoms with Gasteiger partial charge in [0.1, 0.15) is 16.7 Å². The average molecular weight is 367 g/mol. The molecule has 3 heterocycles. The molecule has 0 fully saturated rings. The molecule has 128 valence electrons. The van der Waals surface area contributed by atoms with E-state index in [4.69, 9.17) is 9.15 Å². The van der Waals surface area contributed by atoms with Crippen LogP contribution in [0.2, 0.25) is 0 Å². The van der Waals surface area contributed by atoms with Gasteiger partial charge in [0.2, 0.25) is 0 Å². The molecule has 3 rings (SSSR count). The molecule has 0 radical (unpaired) electrons. The Labute approximate surface area is 129 Å². The van der Waals surface area contributed by atoms with E-state index in [1.54, 1.807) is 0 Å². The van der Waals surface area contributed by atoms with Crippen LogP contribution in [0.3, 0.4) is 0 Å². The third-order valence-electron chi connectivity index (χ3n) is 2.92. The predicted octanol–water partition coefficient (Wildman–Crippen LogP) is 0.526. The van der Waals surface area contributed by atoms with Gasteiger partial charge in [0.05, 0.1) is 0 Å². The lowest BCUT2D eigenvalue weighted by atomic mass is 10.1. The Kier molecular flexibility index (Phi) is 3.23. The Morgan fingerprint density at radius 2 is 1.96 bits per heavy atom. The van der Waals surface area contributed by atoms with Crippen molar-refractivity contribution in [2.45, 2.75) is 5.51 Å². The molecular formula is C11H4F3NO8S. The number of furan rings is 2. The predicted molar refractivity (Wildman–Crippen MR) is 65.8 cm³/mol. The van der Waals surface area contributed by atoms with Crippen molar-refractivity contribution in [1.82, 2.24) is 4.72 Å². The van der Waals surface area contributed by atoms with E-state index in [2.05, 4.69) is 4.74 Å². The zero-order valence-corrected chi connectivity index (χ0v) is 11.9. The summed E-state index contributed by atoms with van der Waals surface area (Å²) in [4.78, 5) is 34.4. The largest absolute Gasteiger partial charge is 0.516 e. The Morgan fingerprint density at radius 3 is 2.58 bits per heavy atom. The molecule has 24 heavy (non-hydrogen) atoms. The monoisotopic (exact) mass is 367 g/mol. The second-order valence-electron chi connectivity index (χ2n) is 4.50. The highest BCUT2D eigenvalue weighted by Crippen LogP contribution is 2.43. The molecule has 1 aliphatic rings. The summed E-state index contributed by atoms with van der Waals surface area (Å²) in [6.07, 6.45) is 0. The summed E-state index contributed by atoms with van der Waals surface area (Å²) >= 11 is 0. The van der Waals surface area contributed by atoms with E-state index in [-0.39, 0.29) is 28.0 Å². The molecule has 0 saturated heterocycles. The van der Waals surface area contributed by atoms with Crippen LogP contribution in [0.5, 0.6) is 5.75 Å². The van der Waals surface area contributed by atoms with Crippen LogP contribution < -0.4 is 9.46 Å². The maximum atomic E-state index is 12.1.